The van der Waals surface area contributed by atoms with E-state index in [0.29, 0.717) is 5.69 Å². The molecule has 6 nitrogen and oxygen atoms in total. The number of hydrogen-bond donors (Lipinski definition) is 2. The number of hydrogen-bond acceptors (Lipinski definition) is 4. The van der Waals surface area contributed by atoms with Gasteiger partial charge >= 0.3 is 5.97 Å². The third-order valence-corrected chi connectivity index (χ3v) is 2.33. The molecule has 0 bridgehead atoms. The smallest absolute Gasteiger partial charge is 0.327 e. The summed E-state index contributed by atoms with van der Waals surface area (Å²) < 4.78 is 5.95. The third-order valence-electron chi connectivity index (χ3n) is 2.33. The number of nitrogens with one attached hydrogen (secondary N) is 1. The van der Waals surface area contributed by atoms with E-state index in [4.69, 9.17) is 10.5 Å². The standard InChI is InChI=1S/C11H19N3O3/c1-5-17-7(15)6-14-10(16)8(12)9(13-14)11(2,3)4/h13H,5-6,12H2,1-4H3. The van der Waals surface area contributed by atoms with Gasteiger partial charge in [0.05, 0.1) is 12.3 Å². The zero-order valence-corrected chi connectivity index (χ0v) is 10.7. The summed E-state index contributed by atoms with van der Waals surface area (Å²) >= 11 is 0. The lowest BCUT2D eigenvalue weighted by molar-refractivity contribution is -0.144. The highest BCUT2D eigenvalue weighted by Gasteiger charge is 2.23. The van der Waals surface area contributed by atoms with Gasteiger partial charge in [-0.1, -0.05) is 20.8 Å². The number of nitrogens with zero attached hydrogens (tertiary/aromatic N) is 1. The SMILES string of the molecule is CCOC(=O)Cn1[nH]c(C(C)(C)C)c(N)c1=O. The molecule has 1 aromatic rings. The van der Waals surface area contributed by atoms with Gasteiger partial charge in [-0.3, -0.25) is 14.7 Å². The average Bonchev–Trinajstić information content (AvgIpc) is 2.46. The molecule has 96 valence electrons. The zero-order chi connectivity index (χ0) is 13.2. The fraction of sp³-hybridized carbons (Fsp3) is 0.636. The lowest BCUT2D eigenvalue weighted by Gasteiger charge is -2.16. The normalized spacial score (nSPS) is 11.5. The molecule has 0 atom stereocenters. The number of aromatic amines is 1. The summed E-state index contributed by atoms with van der Waals surface area (Å²) in [5.74, 6) is -0.462. The largest absolute Gasteiger partial charge is 0.465 e. The quantitative estimate of drug-likeness (QED) is 0.759. The van der Waals surface area contributed by atoms with Crippen molar-refractivity contribution in [3.63, 3.8) is 0 Å². The van der Waals surface area contributed by atoms with Gasteiger partial charge in [0.2, 0.25) is 0 Å². The average molecular weight is 241 g/mol. The number of nitrogen functional groups attached to an aromatic ring is 1. The van der Waals surface area contributed by atoms with Crippen molar-refractivity contribution in [1.29, 1.82) is 0 Å². The van der Waals surface area contributed by atoms with Crippen molar-refractivity contribution < 1.29 is 9.53 Å². The molecule has 0 unspecified atom stereocenters. The highest BCUT2D eigenvalue weighted by atomic mass is 16.5. The van der Waals surface area contributed by atoms with Gasteiger partial charge in [-0.05, 0) is 6.92 Å². The third kappa shape index (κ3) is 2.89. The van der Waals surface area contributed by atoms with Gasteiger partial charge in [-0.15, -0.1) is 0 Å². The van der Waals surface area contributed by atoms with Crippen molar-refractivity contribution in [3.8, 4) is 0 Å². The molecule has 17 heavy (non-hydrogen) atoms. The van der Waals surface area contributed by atoms with Crippen molar-refractivity contribution >= 4 is 11.7 Å². The maximum atomic E-state index is 11.8. The molecule has 1 rings (SSSR count). The maximum absolute atomic E-state index is 11.8. The summed E-state index contributed by atoms with van der Waals surface area (Å²) in [6.45, 7) is 7.66. The van der Waals surface area contributed by atoms with Crippen LogP contribution < -0.4 is 11.3 Å². The van der Waals surface area contributed by atoms with Crippen LogP contribution in [0.4, 0.5) is 5.69 Å². The van der Waals surface area contributed by atoms with Crippen LogP contribution in [-0.4, -0.2) is 22.4 Å². The molecule has 0 aliphatic rings. The van der Waals surface area contributed by atoms with Crippen LogP contribution in [0.5, 0.6) is 0 Å². The molecular formula is C11H19N3O3. The number of rotatable bonds is 3. The van der Waals surface area contributed by atoms with Crippen molar-refractivity contribution in [2.75, 3.05) is 12.3 Å². The van der Waals surface area contributed by atoms with E-state index in [-0.39, 0.29) is 29.8 Å². The number of anilines is 1. The topological polar surface area (TPSA) is 90.1 Å². The van der Waals surface area contributed by atoms with E-state index in [1.54, 1.807) is 6.92 Å². The van der Waals surface area contributed by atoms with Crippen molar-refractivity contribution in [3.05, 3.63) is 16.0 Å². The van der Waals surface area contributed by atoms with Crippen molar-refractivity contribution in [1.82, 2.24) is 9.78 Å². The number of ether oxygens (including phenoxy) is 1. The van der Waals surface area contributed by atoms with E-state index in [0.717, 1.165) is 0 Å². The fourth-order valence-electron chi connectivity index (χ4n) is 1.52. The molecule has 0 amide bonds. The van der Waals surface area contributed by atoms with Crippen LogP contribution >= 0.6 is 0 Å². The summed E-state index contributed by atoms with van der Waals surface area (Å²) in [6.07, 6.45) is 0. The molecule has 3 N–H and O–H groups in total. The Bertz CT molecular complexity index is 465. The maximum Gasteiger partial charge on any atom is 0.327 e. The zero-order valence-electron chi connectivity index (χ0n) is 10.7. The van der Waals surface area contributed by atoms with Crippen LogP contribution in [0.25, 0.3) is 0 Å². The Balaban J connectivity index is 3.04. The Labute approximate surface area is 99.7 Å². The summed E-state index contributed by atoms with van der Waals surface area (Å²) in [4.78, 5) is 23.1. The van der Waals surface area contributed by atoms with Gasteiger partial charge in [-0.2, -0.15) is 0 Å². The number of carbonyl (C=O) groups excluding carboxylic acids is 1. The summed E-state index contributed by atoms with van der Waals surface area (Å²) in [6, 6.07) is 0. The highest BCUT2D eigenvalue weighted by Crippen LogP contribution is 2.23. The van der Waals surface area contributed by atoms with Crippen molar-refractivity contribution in [2.45, 2.75) is 39.7 Å². The first-order valence-electron chi connectivity index (χ1n) is 5.51. The van der Waals surface area contributed by atoms with E-state index >= 15 is 0 Å². The molecule has 0 aliphatic heterocycles. The van der Waals surface area contributed by atoms with Crippen molar-refractivity contribution in [2.24, 2.45) is 0 Å². The van der Waals surface area contributed by atoms with E-state index in [1.165, 1.54) is 4.68 Å². The predicted octanol–water partition coefficient (Wildman–Crippen LogP) is 0.619. The number of H-pyrrole nitrogens is 1. The predicted molar refractivity (Wildman–Crippen MR) is 64.8 cm³/mol. The molecule has 0 aliphatic carbocycles. The first-order valence-corrected chi connectivity index (χ1v) is 5.51. The second-order valence-electron chi connectivity index (χ2n) is 4.85. The number of carbonyl (C=O) groups is 1. The minimum Gasteiger partial charge on any atom is -0.465 e. The molecule has 6 heteroatoms. The minimum atomic E-state index is -0.462. The van der Waals surface area contributed by atoms with Crippen LogP contribution in [0.3, 0.4) is 0 Å². The van der Waals surface area contributed by atoms with Crippen LogP contribution in [0.15, 0.2) is 4.79 Å². The molecule has 0 spiro atoms. The van der Waals surface area contributed by atoms with Gasteiger partial charge in [0.25, 0.3) is 5.56 Å². The highest BCUT2D eigenvalue weighted by molar-refractivity contribution is 5.69. The number of esters is 1. The Hall–Kier alpha value is -1.72. The second-order valence-corrected chi connectivity index (χ2v) is 4.85. The van der Waals surface area contributed by atoms with Gasteiger partial charge in [-0.25, -0.2) is 4.68 Å². The molecule has 0 saturated heterocycles. The van der Waals surface area contributed by atoms with E-state index in [2.05, 4.69) is 5.10 Å². The van der Waals surface area contributed by atoms with E-state index in [9.17, 15) is 9.59 Å². The second kappa shape index (κ2) is 4.65. The van der Waals surface area contributed by atoms with Gasteiger partial charge in [0, 0.05) is 5.41 Å². The Morgan fingerprint density at radius 2 is 2.06 bits per heavy atom. The van der Waals surface area contributed by atoms with Gasteiger partial charge in [0.15, 0.2) is 0 Å². The molecule has 0 fully saturated rings. The summed E-state index contributed by atoms with van der Waals surface area (Å²) in [7, 11) is 0. The van der Waals surface area contributed by atoms with Gasteiger partial charge in [0.1, 0.15) is 12.2 Å². The number of nitrogens with two attached hydrogens (primary N) is 1. The van der Waals surface area contributed by atoms with Gasteiger partial charge < -0.3 is 10.5 Å². The first-order chi connectivity index (χ1) is 7.77. The molecular weight excluding hydrogens is 222 g/mol. The Morgan fingerprint density at radius 3 is 2.47 bits per heavy atom. The summed E-state index contributed by atoms with van der Waals surface area (Å²) in [5, 5.41) is 2.86. The lowest BCUT2D eigenvalue weighted by Crippen LogP contribution is -2.24. The monoisotopic (exact) mass is 241 g/mol. The molecule has 0 saturated carbocycles. The number of aromatic nitrogens is 2. The molecule has 1 heterocycles. The first kappa shape index (κ1) is 13.3. The van der Waals surface area contributed by atoms with E-state index < -0.39 is 5.97 Å². The van der Waals surface area contributed by atoms with Crippen LogP contribution in [-0.2, 0) is 21.5 Å². The van der Waals surface area contributed by atoms with Crippen LogP contribution in [0.1, 0.15) is 33.4 Å². The minimum absolute atomic E-state index is 0.146. The van der Waals surface area contributed by atoms with Crippen LogP contribution in [0, 0.1) is 0 Å². The molecule has 0 radical (unpaired) electrons. The molecule has 1 aromatic heterocycles. The lowest BCUT2D eigenvalue weighted by atomic mass is 9.91. The molecule has 0 aromatic carbocycles. The summed E-state index contributed by atoms with van der Waals surface area (Å²) in [5.41, 5.74) is 5.85. The Morgan fingerprint density at radius 1 is 1.47 bits per heavy atom. The fourth-order valence-corrected chi connectivity index (χ4v) is 1.52. The Kier molecular flexibility index (Phi) is 3.65. The van der Waals surface area contributed by atoms with Crippen LogP contribution in [0.2, 0.25) is 0 Å². The van der Waals surface area contributed by atoms with E-state index in [1.807, 2.05) is 20.8 Å².